The first-order valence-corrected chi connectivity index (χ1v) is 9.62. The molecule has 6 nitrogen and oxygen atoms in total. The molecule has 3 rings (SSSR count). The van der Waals surface area contributed by atoms with Crippen molar-refractivity contribution in [3.63, 3.8) is 0 Å². The van der Waals surface area contributed by atoms with Crippen LogP contribution in [0.4, 0.5) is 4.79 Å². The highest BCUT2D eigenvalue weighted by Crippen LogP contribution is 2.27. The zero-order valence-electron chi connectivity index (χ0n) is 14.5. The number of hydrogen-bond acceptors (Lipinski definition) is 4. The van der Waals surface area contributed by atoms with Gasteiger partial charge in [-0.25, -0.2) is 4.79 Å². The highest BCUT2D eigenvalue weighted by molar-refractivity contribution is 7.99. The minimum absolute atomic E-state index is 0.233. The number of thioether (sulfide) groups is 1. The lowest BCUT2D eigenvalue weighted by molar-refractivity contribution is -0.122. The molecule has 0 spiro atoms. The molecule has 2 aromatic carbocycles. The molecule has 0 unspecified atom stereocenters. The first-order valence-electron chi connectivity index (χ1n) is 8.26. The Kier molecular flexibility index (Phi) is 5.72. The van der Waals surface area contributed by atoms with Crippen LogP contribution in [0.15, 0.2) is 53.4 Å². The molecule has 3 N–H and O–H groups in total. The number of carbonyl (C=O) groups excluding carboxylic acids is 3. The van der Waals surface area contributed by atoms with Crippen LogP contribution in [0.25, 0.3) is 0 Å². The van der Waals surface area contributed by atoms with Gasteiger partial charge in [-0.2, -0.15) is 0 Å². The molecule has 1 aliphatic rings. The topological polar surface area (TPSA) is 87.3 Å². The van der Waals surface area contributed by atoms with Gasteiger partial charge in [-0.15, -0.1) is 11.8 Å². The summed E-state index contributed by atoms with van der Waals surface area (Å²) in [5, 5.41) is 8.30. The Bertz CT molecular complexity index is 905. The Balaban J connectivity index is 1.68. The molecular weight excluding hydrogens is 386 g/mol. The lowest BCUT2D eigenvalue weighted by Crippen LogP contribution is -2.46. The van der Waals surface area contributed by atoms with E-state index in [1.807, 2.05) is 30.3 Å². The molecule has 0 aliphatic carbocycles. The average molecular weight is 404 g/mol. The molecule has 1 atom stereocenters. The van der Waals surface area contributed by atoms with Gasteiger partial charge in [0, 0.05) is 22.2 Å². The van der Waals surface area contributed by atoms with Crippen LogP contribution in [-0.2, 0) is 11.3 Å². The van der Waals surface area contributed by atoms with Crippen LogP contribution < -0.4 is 16.0 Å². The fraction of sp³-hybridized carbons (Fsp3) is 0.211. The Morgan fingerprint density at radius 2 is 1.85 bits per heavy atom. The van der Waals surface area contributed by atoms with Crippen molar-refractivity contribution in [2.75, 3.05) is 5.75 Å². The molecule has 0 saturated carbocycles. The van der Waals surface area contributed by atoms with Gasteiger partial charge in [-0.05, 0) is 30.7 Å². The molecule has 1 fully saturated rings. The molecule has 0 radical (unpaired) electrons. The van der Waals surface area contributed by atoms with Crippen LogP contribution in [-0.4, -0.2) is 29.1 Å². The smallest absolute Gasteiger partial charge is 0.322 e. The molecule has 4 amide bonds. The molecule has 2 aromatic rings. The van der Waals surface area contributed by atoms with E-state index in [9.17, 15) is 14.4 Å². The van der Waals surface area contributed by atoms with Crippen LogP contribution in [0.5, 0.6) is 0 Å². The SMILES string of the molecule is C[C@@]1(CSc2ccccc2C(=O)NCc2ccccc2Cl)NC(=O)NC1=O. The summed E-state index contributed by atoms with van der Waals surface area (Å²) in [6.07, 6.45) is 0. The second kappa shape index (κ2) is 8.02. The number of halogens is 1. The van der Waals surface area contributed by atoms with E-state index in [1.54, 1.807) is 25.1 Å². The quantitative estimate of drug-likeness (QED) is 0.511. The minimum atomic E-state index is -1.01. The molecule has 0 aromatic heterocycles. The van der Waals surface area contributed by atoms with Gasteiger partial charge in [0.2, 0.25) is 0 Å². The Morgan fingerprint density at radius 1 is 1.15 bits per heavy atom. The van der Waals surface area contributed by atoms with Gasteiger partial charge in [-0.3, -0.25) is 14.9 Å². The fourth-order valence-corrected chi connectivity index (χ4v) is 3.94. The van der Waals surface area contributed by atoms with Crippen molar-refractivity contribution in [2.24, 2.45) is 0 Å². The molecule has 1 saturated heterocycles. The van der Waals surface area contributed by atoms with E-state index in [0.29, 0.717) is 22.9 Å². The van der Waals surface area contributed by atoms with Gasteiger partial charge >= 0.3 is 6.03 Å². The van der Waals surface area contributed by atoms with Crippen LogP contribution in [0, 0.1) is 0 Å². The summed E-state index contributed by atoms with van der Waals surface area (Å²) in [7, 11) is 0. The maximum Gasteiger partial charge on any atom is 0.322 e. The predicted octanol–water partition coefficient (Wildman–Crippen LogP) is 2.96. The van der Waals surface area contributed by atoms with Crippen molar-refractivity contribution in [1.29, 1.82) is 0 Å². The van der Waals surface area contributed by atoms with Crippen LogP contribution in [0.1, 0.15) is 22.8 Å². The van der Waals surface area contributed by atoms with Gasteiger partial charge in [-0.1, -0.05) is 41.9 Å². The average Bonchev–Trinajstić information content (AvgIpc) is 2.91. The van der Waals surface area contributed by atoms with Gasteiger partial charge < -0.3 is 10.6 Å². The van der Waals surface area contributed by atoms with E-state index in [2.05, 4.69) is 16.0 Å². The third-order valence-corrected chi connectivity index (χ3v) is 5.92. The van der Waals surface area contributed by atoms with E-state index in [-0.39, 0.29) is 11.8 Å². The fourth-order valence-electron chi connectivity index (χ4n) is 2.60. The van der Waals surface area contributed by atoms with Gasteiger partial charge in [0.05, 0.1) is 5.56 Å². The van der Waals surface area contributed by atoms with E-state index >= 15 is 0 Å². The van der Waals surface area contributed by atoms with Crippen molar-refractivity contribution >= 4 is 41.2 Å². The second-order valence-electron chi connectivity index (χ2n) is 6.30. The highest BCUT2D eigenvalue weighted by Gasteiger charge is 2.41. The number of rotatable bonds is 6. The number of urea groups is 1. The summed E-state index contributed by atoms with van der Waals surface area (Å²) >= 11 is 7.46. The Hall–Kier alpha value is -2.51. The molecule has 0 bridgehead atoms. The number of imide groups is 1. The summed E-state index contributed by atoms with van der Waals surface area (Å²) in [6, 6.07) is 13.9. The summed E-state index contributed by atoms with van der Waals surface area (Å²) in [5.41, 5.74) is 0.321. The number of carbonyl (C=O) groups is 3. The summed E-state index contributed by atoms with van der Waals surface area (Å²) < 4.78 is 0. The Labute approximate surface area is 166 Å². The maximum atomic E-state index is 12.6. The molecule has 1 heterocycles. The van der Waals surface area contributed by atoms with Crippen LogP contribution in [0.2, 0.25) is 5.02 Å². The number of nitrogens with one attached hydrogen (secondary N) is 3. The van der Waals surface area contributed by atoms with Gasteiger partial charge in [0.1, 0.15) is 5.54 Å². The molecule has 8 heteroatoms. The third kappa shape index (κ3) is 4.43. The molecular formula is C19H18ClN3O3S. The van der Waals surface area contributed by atoms with Crippen molar-refractivity contribution in [1.82, 2.24) is 16.0 Å². The number of hydrogen-bond donors (Lipinski definition) is 3. The standard InChI is InChI=1S/C19H18ClN3O3S/c1-19(17(25)22-18(26)23-19)11-27-15-9-5-3-7-13(15)16(24)21-10-12-6-2-4-8-14(12)20/h2-9H,10-11H2,1H3,(H,21,24)(H2,22,23,25,26)/t19-/m0/s1. The van der Waals surface area contributed by atoms with E-state index in [4.69, 9.17) is 11.6 Å². The van der Waals surface area contributed by atoms with Gasteiger partial charge in [0.15, 0.2) is 0 Å². The first-order chi connectivity index (χ1) is 12.9. The first kappa shape index (κ1) is 19.3. The zero-order valence-corrected chi connectivity index (χ0v) is 16.1. The van der Waals surface area contributed by atoms with Crippen molar-refractivity contribution in [3.05, 3.63) is 64.7 Å². The predicted molar refractivity (Wildman–Crippen MR) is 105 cm³/mol. The Morgan fingerprint density at radius 3 is 2.56 bits per heavy atom. The molecule has 1 aliphatic heterocycles. The second-order valence-corrected chi connectivity index (χ2v) is 7.72. The van der Waals surface area contributed by atoms with Crippen molar-refractivity contribution in [2.45, 2.75) is 23.9 Å². The lowest BCUT2D eigenvalue weighted by atomic mass is 10.1. The number of amides is 4. The largest absolute Gasteiger partial charge is 0.348 e. The maximum absolute atomic E-state index is 12.6. The van der Waals surface area contributed by atoms with E-state index < -0.39 is 11.6 Å². The number of benzene rings is 2. The van der Waals surface area contributed by atoms with E-state index in [0.717, 1.165) is 10.5 Å². The minimum Gasteiger partial charge on any atom is -0.348 e. The van der Waals surface area contributed by atoms with Crippen LogP contribution >= 0.6 is 23.4 Å². The van der Waals surface area contributed by atoms with E-state index in [1.165, 1.54) is 11.8 Å². The lowest BCUT2D eigenvalue weighted by Gasteiger charge is -2.20. The van der Waals surface area contributed by atoms with Crippen molar-refractivity contribution in [3.8, 4) is 0 Å². The highest BCUT2D eigenvalue weighted by atomic mass is 35.5. The zero-order chi connectivity index (χ0) is 19.4. The third-order valence-electron chi connectivity index (χ3n) is 4.16. The summed E-state index contributed by atoms with van der Waals surface area (Å²) in [6.45, 7) is 1.97. The normalized spacial score (nSPS) is 18.7. The van der Waals surface area contributed by atoms with Crippen molar-refractivity contribution < 1.29 is 14.4 Å². The molecule has 140 valence electrons. The summed E-state index contributed by atoms with van der Waals surface area (Å²) in [4.78, 5) is 36.7. The van der Waals surface area contributed by atoms with Crippen LogP contribution in [0.3, 0.4) is 0 Å². The molecule has 27 heavy (non-hydrogen) atoms. The van der Waals surface area contributed by atoms with Gasteiger partial charge in [0.25, 0.3) is 11.8 Å². The monoisotopic (exact) mass is 403 g/mol. The summed E-state index contributed by atoms with van der Waals surface area (Å²) in [5.74, 6) is -0.303.